The molecule has 3 heterocycles. The van der Waals surface area contributed by atoms with Crippen LogP contribution in [0, 0.1) is 0 Å². The number of ether oxygens (including phenoxy) is 1. The Kier molecular flexibility index (Phi) is 4.13. The molecule has 2 aromatic rings. The van der Waals surface area contributed by atoms with E-state index < -0.39 is 10.2 Å². The summed E-state index contributed by atoms with van der Waals surface area (Å²) in [7, 11) is -3.49. The van der Waals surface area contributed by atoms with Crippen molar-refractivity contribution < 1.29 is 17.7 Å². The molecule has 0 spiro atoms. The predicted octanol–water partition coefficient (Wildman–Crippen LogP) is 1.28. The van der Waals surface area contributed by atoms with Crippen LogP contribution < -0.4 is 0 Å². The molecule has 24 heavy (non-hydrogen) atoms. The highest BCUT2D eigenvalue weighted by atomic mass is 32.2. The zero-order valence-corrected chi connectivity index (χ0v) is 14.0. The maximum atomic E-state index is 12.9. The number of nitrogens with zero attached hydrogens (tertiary/aromatic N) is 3. The summed E-state index contributed by atoms with van der Waals surface area (Å²) in [4.78, 5) is 0. The molecule has 0 radical (unpaired) electrons. The van der Waals surface area contributed by atoms with Gasteiger partial charge in [-0.15, -0.1) is 0 Å². The van der Waals surface area contributed by atoms with Crippen molar-refractivity contribution in [2.45, 2.75) is 13.0 Å². The molecule has 1 saturated heterocycles. The zero-order valence-electron chi connectivity index (χ0n) is 13.2. The highest BCUT2D eigenvalue weighted by Gasteiger charge is 2.35. The van der Waals surface area contributed by atoms with Crippen LogP contribution in [0.25, 0.3) is 11.3 Å². The maximum Gasteiger partial charge on any atom is 0.282 e. The number of rotatable bonds is 3. The molecule has 2 aliphatic rings. The summed E-state index contributed by atoms with van der Waals surface area (Å²) in [5.74, 6) is 0.780. The Bertz CT molecular complexity index is 813. The van der Waals surface area contributed by atoms with E-state index in [1.54, 1.807) is 0 Å². The SMILES string of the molecule is O=S(=O)(N1CCOCC1)N1CCc2onc(-c3ccccc3)c2C1. The normalized spacial score (nSPS) is 20.0. The lowest BCUT2D eigenvalue weighted by atomic mass is 10.0. The molecule has 0 atom stereocenters. The molecule has 0 N–H and O–H groups in total. The van der Waals surface area contributed by atoms with Gasteiger partial charge >= 0.3 is 0 Å². The molecular weight excluding hydrogens is 330 g/mol. The van der Waals surface area contributed by atoms with E-state index in [1.807, 2.05) is 30.3 Å². The van der Waals surface area contributed by atoms with Gasteiger partial charge in [-0.1, -0.05) is 35.5 Å². The van der Waals surface area contributed by atoms with Gasteiger partial charge in [0, 0.05) is 43.7 Å². The first-order valence-electron chi connectivity index (χ1n) is 8.02. The highest BCUT2D eigenvalue weighted by Crippen LogP contribution is 2.31. The van der Waals surface area contributed by atoms with E-state index in [0.29, 0.717) is 45.8 Å². The van der Waals surface area contributed by atoms with Crippen LogP contribution in [0.5, 0.6) is 0 Å². The number of hydrogen-bond donors (Lipinski definition) is 0. The minimum atomic E-state index is -3.49. The van der Waals surface area contributed by atoms with Gasteiger partial charge in [0.2, 0.25) is 0 Å². The van der Waals surface area contributed by atoms with Crippen LogP contribution >= 0.6 is 0 Å². The van der Waals surface area contributed by atoms with Crippen LogP contribution in [-0.2, 0) is 27.9 Å². The van der Waals surface area contributed by atoms with Crippen molar-refractivity contribution in [3.63, 3.8) is 0 Å². The van der Waals surface area contributed by atoms with E-state index in [1.165, 1.54) is 8.61 Å². The Morgan fingerprint density at radius 2 is 1.75 bits per heavy atom. The Hall–Kier alpha value is -1.74. The smallest absolute Gasteiger partial charge is 0.282 e. The lowest BCUT2D eigenvalue weighted by Crippen LogP contribution is -2.49. The number of fused-ring (bicyclic) bond motifs is 1. The number of hydrogen-bond acceptors (Lipinski definition) is 5. The Labute approximate surface area is 141 Å². The third-order valence-electron chi connectivity index (χ3n) is 4.46. The zero-order chi connectivity index (χ0) is 16.6. The standard InChI is InChI=1S/C16H19N3O4S/c20-24(21,18-8-10-22-11-9-18)19-7-6-15-14(12-19)16(17-23-15)13-4-2-1-3-5-13/h1-5H,6-12H2. The predicted molar refractivity (Wildman–Crippen MR) is 87.4 cm³/mol. The first-order valence-corrected chi connectivity index (χ1v) is 9.42. The van der Waals surface area contributed by atoms with E-state index >= 15 is 0 Å². The van der Waals surface area contributed by atoms with Crippen LogP contribution in [0.3, 0.4) is 0 Å². The number of morpholine rings is 1. The molecule has 128 valence electrons. The van der Waals surface area contributed by atoms with E-state index in [-0.39, 0.29) is 0 Å². The summed E-state index contributed by atoms with van der Waals surface area (Å²) in [6, 6.07) is 9.70. The minimum Gasteiger partial charge on any atom is -0.379 e. The van der Waals surface area contributed by atoms with Crippen molar-refractivity contribution in [2.24, 2.45) is 0 Å². The average Bonchev–Trinajstić information content (AvgIpc) is 3.06. The average molecular weight is 349 g/mol. The summed E-state index contributed by atoms with van der Waals surface area (Å²) in [5.41, 5.74) is 2.53. The van der Waals surface area contributed by atoms with Crippen molar-refractivity contribution in [3.8, 4) is 11.3 Å². The van der Waals surface area contributed by atoms with Gasteiger partial charge in [-0.3, -0.25) is 0 Å². The van der Waals surface area contributed by atoms with Gasteiger partial charge < -0.3 is 9.26 Å². The Morgan fingerprint density at radius 3 is 2.50 bits per heavy atom. The fourth-order valence-corrected chi connectivity index (χ4v) is 4.70. The summed E-state index contributed by atoms with van der Waals surface area (Å²) in [6.07, 6.45) is 0.540. The molecule has 1 aromatic carbocycles. The fraction of sp³-hybridized carbons (Fsp3) is 0.438. The molecule has 2 aliphatic heterocycles. The molecule has 0 aliphatic carbocycles. The molecule has 0 unspecified atom stereocenters. The van der Waals surface area contributed by atoms with Gasteiger partial charge in [-0.05, 0) is 0 Å². The molecule has 1 fully saturated rings. The molecule has 0 saturated carbocycles. The van der Waals surface area contributed by atoms with E-state index in [2.05, 4.69) is 5.16 Å². The monoisotopic (exact) mass is 349 g/mol. The maximum absolute atomic E-state index is 12.9. The van der Waals surface area contributed by atoms with E-state index in [0.717, 1.165) is 22.6 Å². The lowest BCUT2D eigenvalue weighted by molar-refractivity contribution is 0.0698. The topological polar surface area (TPSA) is 75.9 Å². The Morgan fingerprint density at radius 1 is 1.00 bits per heavy atom. The second kappa shape index (κ2) is 6.29. The second-order valence-corrected chi connectivity index (χ2v) is 7.83. The molecule has 7 nitrogen and oxygen atoms in total. The molecule has 4 rings (SSSR count). The van der Waals surface area contributed by atoms with Gasteiger partial charge in [0.1, 0.15) is 11.5 Å². The lowest BCUT2D eigenvalue weighted by Gasteiger charge is -2.33. The molecule has 0 bridgehead atoms. The van der Waals surface area contributed by atoms with Crippen molar-refractivity contribution in [1.82, 2.24) is 13.8 Å². The van der Waals surface area contributed by atoms with Crippen LogP contribution in [0.15, 0.2) is 34.9 Å². The van der Waals surface area contributed by atoms with Crippen molar-refractivity contribution in [2.75, 3.05) is 32.8 Å². The minimum absolute atomic E-state index is 0.294. The van der Waals surface area contributed by atoms with E-state index in [4.69, 9.17) is 9.26 Å². The van der Waals surface area contributed by atoms with E-state index in [9.17, 15) is 8.42 Å². The quantitative estimate of drug-likeness (QED) is 0.834. The third kappa shape index (κ3) is 2.75. The van der Waals surface area contributed by atoms with Crippen molar-refractivity contribution >= 4 is 10.2 Å². The van der Waals surface area contributed by atoms with Crippen LogP contribution in [-0.4, -0.2) is 55.0 Å². The summed E-state index contributed by atoms with van der Waals surface area (Å²) in [5, 5.41) is 4.17. The first kappa shape index (κ1) is 15.8. The second-order valence-electron chi connectivity index (χ2n) is 5.90. The summed E-state index contributed by atoms with van der Waals surface area (Å²) >= 11 is 0. The third-order valence-corrected chi connectivity index (χ3v) is 6.44. The largest absolute Gasteiger partial charge is 0.379 e. The van der Waals surface area contributed by atoms with Gasteiger partial charge in [-0.25, -0.2) is 0 Å². The summed E-state index contributed by atoms with van der Waals surface area (Å²) in [6.45, 7) is 2.41. The van der Waals surface area contributed by atoms with Crippen molar-refractivity contribution in [1.29, 1.82) is 0 Å². The van der Waals surface area contributed by atoms with Gasteiger partial charge in [0.25, 0.3) is 10.2 Å². The van der Waals surface area contributed by atoms with Gasteiger partial charge in [0.15, 0.2) is 0 Å². The van der Waals surface area contributed by atoms with Crippen LogP contribution in [0.1, 0.15) is 11.3 Å². The molecule has 8 heteroatoms. The molecule has 0 amide bonds. The molecular formula is C16H19N3O4S. The number of aromatic nitrogens is 1. The first-order chi connectivity index (χ1) is 11.7. The summed E-state index contributed by atoms with van der Waals surface area (Å²) < 4.78 is 39.4. The van der Waals surface area contributed by atoms with Gasteiger partial charge in [-0.2, -0.15) is 17.0 Å². The Balaban J connectivity index is 1.62. The van der Waals surface area contributed by atoms with Gasteiger partial charge in [0.05, 0.1) is 13.2 Å². The van der Waals surface area contributed by atoms with Crippen LogP contribution in [0.4, 0.5) is 0 Å². The fourth-order valence-electron chi connectivity index (χ4n) is 3.14. The van der Waals surface area contributed by atoms with Crippen molar-refractivity contribution in [3.05, 3.63) is 41.7 Å². The number of benzene rings is 1. The van der Waals surface area contributed by atoms with Crippen LogP contribution in [0.2, 0.25) is 0 Å². The highest BCUT2D eigenvalue weighted by molar-refractivity contribution is 7.86. The molecule has 1 aromatic heterocycles.